The Balaban J connectivity index is 0.00000450. The van der Waals surface area contributed by atoms with Crippen molar-refractivity contribution < 1.29 is 9.47 Å². The molecule has 168 valence electrons. The maximum atomic E-state index is 5.71. The maximum absolute atomic E-state index is 5.71. The summed E-state index contributed by atoms with van der Waals surface area (Å²) in [6.07, 6.45) is 2.77. The zero-order valence-electron chi connectivity index (χ0n) is 18.7. The Bertz CT molecular complexity index is 795. The van der Waals surface area contributed by atoms with Crippen molar-refractivity contribution in [1.29, 1.82) is 0 Å². The fraction of sp³-hybridized carbons (Fsp3) is 0.545. The Hall–Kier alpha value is -1.55. The van der Waals surface area contributed by atoms with E-state index in [0.29, 0.717) is 13.2 Å². The molecule has 0 saturated heterocycles. The van der Waals surface area contributed by atoms with Crippen LogP contribution < -0.4 is 20.1 Å². The van der Waals surface area contributed by atoms with Crippen molar-refractivity contribution in [2.75, 3.05) is 33.4 Å². The van der Waals surface area contributed by atoms with Gasteiger partial charge in [-0.3, -0.25) is 4.99 Å². The summed E-state index contributed by atoms with van der Waals surface area (Å²) in [6.45, 7) is 11.1. The molecule has 0 unspecified atom stereocenters. The summed E-state index contributed by atoms with van der Waals surface area (Å²) >= 11 is 1.79. The van der Waals surface area contributed by atoms with Crippen LogP contribution in [0.4, 0.5) is 0 Å². The van der Waals surface area contributed by atoms with Crippen molar-refractivity contribution in [1.82, 2.24) is 15.6 Å². The SMILES string of the molecule is CCOc1ccc(CCNC(=NC)NCCc2nc(CC)c(C)s2)cc1OCC.I. The van der Waals surface area contributed by atoms with E-state index < -0.39 is 0 Å². The lowest BCUT2D eigenvalue weighted by molar-refractivity contribution is 0.287. The molecule has 30 heavy (non-hydrogen) atoms. The van der Waals surface area contributed by atoms with Gasteiger partial charge in [0.1, 0.15) is 0 Å². The number of nitrogens with one attached hydrogen (secondary N) is 2. The first-order chi connectivity index (χ1) is 14.1. The molecule has 1 aromatic heterocycles. The normalized spacial score (nSPS) is 11.0. The van der Waals surface area contributed by atoms with Crippen LogP contribution in [0.15, 0.2) is 23.2 Å². The Labute approximate surface area is 201 Å². The van der Waals surface area contributed by atoms with Crippen LogP contribution in [0.1, 0.15) is 41.9 Å². The number of aryl methyl sites for hydroxylation is 2. The van der Waals surface area contributed by atoms with E-state index in [-0.39, 0.29) is 24.0 Å². The van der Waals surface area contributed by atoms with E-state index in [1.807, 2.05) is 19.9 Å². The van der Waals surface area contributed by atoms with Crippen molar-refractivity contribution in [2.24, 2.45) is 4.99 Å². The molecule has 0 radical (unpaired) electrons. The van der Waals surface area contributed by atoms with Gasteiger partial charge in [0, 0.05) is 31.4 Å². The summed E-state index contributed by atoms with van der Waals surface area (Å²) in [5.74, 6) is 2.41. The molecular weight excluding hydrogens is 511 g/mol. The second kappa shape index (κ2) is 14.5. The van der Waals surface area contributed by atoms with E-state index in [4.69, 9.17) is 14.5 Å². The van der Waals surface area contributed by atoms with Crippen molar-refractivity contribution in [2.45, 2.75) is 47.0 Å². The lowest BCUT2D eigenvalue weighted by Gasteiger charge is -2.14. The highest BCUT2D eigenvalue weighted by molar-refractivity contribution is 14.0. The van der Waals surface area contributed by atoms with Crippen LogP contribution >= 0.6 is 35.3 Å². The summed E-state index contributed by atoms with van der Waals surface area (Å²) in [4.78, 5) is 10.3. The molecule has 2 N–H and O–H groups in total. The minimum atomic E-state index is 0. The maximum Gasteiger partial charge on any atom is 0.191 e. The van der Waals surface area contributed by atoms with Gasteiger partial charge >= 0.3 is 0 Å². The molecule has 8 heteroatoms. The van der Waals surface area contributed by atoms with Crippen molar-refractivity contribution in [3.8, 4) is 11.5 Å². The second-order valence-corrected chi connectivity index (χ2v) is 7.82. The number of halogens is 1. The first-order valence-electron chi connectivity index (χ1n) is 10.4. The lowest BCUT2D eigenvalue weighted by Crippen LogP contribution is -2.39. The summed E-state index contributed by atoms with van der Waals surface area (Å²) in [6, 6.07) is 6.13. The summed E-state index contributed by atoms with van der Waals surface area (Å²) in [7, 11) is 1.79. The van der Waals surface area contributed by atoms with Crippen molar-refractivity contribution in [3.63, 3.8) is 0 Å². The number of rotatable bonds is 11. The van der Waals surface area contributed by atoms with Gasteiger partial charge in [-0.2, -0.15) is 0 Å². The average Bonchev–Trinajstić information content (AvgIpc) is 3.08. The Morgan fingerprint density at radius 2 is 1.70 bits per heavy atom. The van der Waals surface area contributed by atoms with Gasteiger partial charge < -0.3 is 20.1 Å². The van der Waals surface area contributed by atoms with Crippen molar-refractivity contribution in [3.05, 3.63) is 39.3 Å². The molecule has 1 aromatic carbocycles. The van der Waals surface area contributed by atoms with Gasteiger partial charge in [-0.25, -0.2) is 4.98 Å². The average molecular weight is 547 g/mol. The van der Waals surface area contributed by atoms with Crippen LogP contribution in [0.25, 0.3) is 0 Å². The third-order valence-corrected chi connectivity index (χ3v) is 5.51. The third-order valence-electron chi connectivity index (χ3n) is 4.44. The highest BCUT2D eigenvalue weighted by Gasteiger charge is 2.08. The van der Waals surface area contributed by atoms with Crippen LogP contribution in [0, 0.1) is 6.92 Å². The Morgan fingerprint density at radius 3 is 2.30 bits per heavy atom. The quantitative estimate of drug-likeness (QED) is 0.249. The fourth-order valence-electron chi connectivity index (χ4n) is 3.01. The molecule has 2 rings (SSSR count). The summed E-state index contributed by atoms with van der Waals surface area (Å²) in [5, 5.41) is 7.92. The number of benzene rings is 1. The predicted molar refractivity (Wildman–Crippen MR) is 137 cm³/mol. The largest absolute Gasteiger partial charge is 0.490 e. The number of hydrogen-bond donors (Lipinski definition) is 2. The van der Waals surface area contributed by atoms with E-state index in [0.717, 1.165) is 49.8 Å². The first kappa shape index (κ1) is 26.5. The molecule has 0 atom stereocenters. The molecule has 0 spiro atoms. The lowest BCUT2D eigenvalue weighted by atomic mass is 10.1. The van der Waals surface area contributed by atoms with E-state index >= 15 is 0 Å². The molecule has 0 saturated carbocycles. The molecule has 0 aliphatic rings. The molecule has 0 bridgehead atoms. The highest BCUT2D eigenvalue weighted by Crippen LogP contribution is 2.28. The predicted octanol–water partition coefficient (Wildman–Crippen LogP) is 4.38. The fourth-order valence-corrected chi connectivity index (χ4v) is 4.03. The monoisotopic (exact) mass is 546 g/mol. The standard InChI is InChI=1S/C22H34N4O2S.HI/c1-6-18-16(4)29-21(26-18)12-14-25-22(23-5)24-13-11-17-9-10-19(27-7-2)20(15-17)28-8-3;/h9-10,15H,6-8,11-14H2,1-5H3,(H2,23,24,25);1H. The number of aromatic nitrogens is 1. The second-order valence-electron chi connectivity index (χ2n) is 6.54. The van der Waals surface area contributed by atoms with Gasteiger partial charge in [0.15, 0.2) is 17.5 Å². The highest BCUT2D eigenvalue weighted by atomic mass is 127. The van der Waals surface area contributed by atoms with Gasteiger partial charge in [-0.15, -0.1) is 35.3 Å². The molecule has 1 heterocycles. The van der Waals surface area contributed by atoms with Crippen LogP contribution in [-0.2, 0) is 19.3 Å². The summed E-state index contributed by atoms with van der Waals surface area (Å²) in [5.41, 5.74) is 2.42. The number of hydrogen-bond acceptors (Lipinski definition) is 5. The van der Waals surface area contributed by atoms with Gasteiger partial charge in [-0.1, -0.05) is 13.0 Å². The number of nitrogens with zero attached hydrogens (tertiary/aromatic N) is 2. The number of ether oxygens (including phenoxy) is 2. The van der Waals surface area contributed by atoms with Gasteiger partial charge in [0.05, 0.1) is 23.9 Å². The van der Waals surface area contributed by atoms with Gasteiger partial charge in [0.2, 0.25) is 0 Å². The Morgan fingerprint density at radius 1 is 1.03 bits per heavy atom. The molecule has 0 fully saturated rings. The molecule has 0 aliphatic carbocycles. The van der Waals surface area contributed by atoms with Crippen LogP contribution in [0.5, 0.6) is 11.5 Å². The number of guanidine groups is 1. The van der Waals surface area contributed by atoms with E-state index in [1.54, 1.807) is 18.4 Å². The minimum absolute atomic E-state index is 0. The minimum Gasteiger partial charge on any atom is -0.490 e. The molecule has 0 amide bonds. The number of thiazole rings is 1. The van der Waals surface area contributed by atoms with Crippen LogP contribution in [0.3, 0.4) is 0 Å². The molecule has 6 nitrogen and oxygen atoms in total. The topological polar surface area (TPSA) is 67.8 Å². The first-order valence-corrected chi connectivity index (χ1v) is 11.2. The smallest absolute Gasteiger partial charge is 0.191 e. The van der Waals surface area contributed by atoms with Crippen molar-refractivity contribution >= 4 is 41.3 Å². The third kappa shape index (κ3) is 8.29. The van der Waals surface area contributed by atoms with E-state index in [9.17, 15) is 0 Å². The zero-order chi connectivity index (χ0) is 21.1. The Kier molecular flexibility index (Phi) is 12.8. The van der Waals surface area contributed by atoms with E-state index in [2.05, 4.69) is 41.6 Å². The number of aliphatic imine (C=N–C) groups is 1. The van der Waals surface area contributed by atoms with Gasteiger partial charge in [-0.05, 0) is 51.3 Å². The zero-order valence-corrected chi connectivity index (χ0v) is 21.9. The van der Waals surface area contributed by atoms with Crippen LogP contribution in [-0.4, -0.2) is 44.3 Å². The summed E-state index contributed by atoms with van der Waals surface area (Å²) < 4.78 is 11.3. The van der Waals surface area contributed by atoms with Gasteiger partial charge in [0.25, 0.3) is 0 Å². The molecular formula is C22H35IN4O2S. The molecule has 2 aromatic rings. The van der Waals surface area contributed by atoms with E-state index in [1.165, 1.54) is 21.1 Å². The van der Waals surface area contributed by atoms with Crippen LogP contribution in [0.2, 0.25) is 0 Å². The molecule has 0 aliphatic heterocycles.